The minimum Gasteiger partial charge on any atom is -0.272 e. The van der Waals surface area contributed by atoms with Crippen molar-refractivity contribution < 1.29 is 4.79 Å². The largest absolute Gasteiger partial charge is 0.272 e. The van der Waals surface area contributed by atoms with Crippen LogP contribution < -0.4 is 5.43 Å². The van der Waals surface area contributed by atoms with E-state index in [-0.39, 0.29) is 5.91 Å². The summed E-state index contributed by atoms with van der Waals surface area (Å²) in [6, 6.07) is 12.7. The molecule has 23 heavy (non-hydrogen) atoms. The van der Waals surface area contributed by atoms with Gasteiger partial charge < -0.3 is 0 Å². The first-order valence-corrected chi connectivity index (χ1v) is 8.92. The van der Waals surface area contributed by atoms with Gasteiger partial charge in [-0.05, 0) is 35.4 Å². The van der Waals surface area contributed by atoms with Crippen LogP contribution in [0.2, 0.25) is 15.1 Å². The zero-order valence-corrected chi connectivity index (χ0v) is 15.0. The second-order valence-corrected chi connectivity index (χ2v) is 6.82. The number of carbonyl (C=O) groups excluding carboxylic acids is 1. The second-order valence-electron chi connectivity index (χ2n) is 4.59. The lowest BCUT2D eigenvalue weighted by Crippen LogP contribution is -2.19. The summed E-state index contributed by atoms with van der Waals surface area (Å²) >= 11 is 19.0. The van der Waals surface area contributed by atoms with Gasteiger partial charge in [0.05, 0.1) is 22.0 Å². The Balaban J connectivity index is 1.73. The molecule has 0 unspecified atom stereocenters. The zero-order chi connectivity index (χ0) is 16.7. The van der Waals surface area contributed by atoms with Gasteiger partial charge in [0.1, 0.15) is 0 Å². The highest BCUT2D eigenvalue weighted by Crippen LogP contribution is 2.21. The highest BCUT2D eigenvalue weighted by atomic mass is 35.5. The molecule has 1 amide bonds. The summed E-state index contributed by atoms with van der Waals surface area (Å²) in [5, 5.41) is 5.52. The van der Waals surface area contributed by atoms with E-state index in [1.54, 1.807) is 18.2 Å². The lowest BCUT2D eigenvalue weighted by molar-refractivity contribution is -0.118. The van der Waals surface area contributed by atoms with Crippen molar-refractivity contribution >= 4 is 58.7 Å². The number of benzene rings is 2. The first-order chi connectivity index (χ1) is 11.0. The van der Waals surface area contributed by atoms with Gasteiger partial charge in [0.2, 0.25) is 5.91 Å². The van der Waals surface area contributed by atoms with Gasteiger partial charge in [-0.2, -0.15) is 5.10 Å². The Hall–Kier alpha value is -1.20. The van der Waals surface area contributed by atoms with E-state index in [0.29, 0.717) is 20.8 Å². The first-order valence-electron chi connectivity index (χ1n) is 6.64. The number of hydrazone groups is 1. The topological polar surface area (TPSA) is 41.5 Å². The van der Waals surface area contributed by atoms with Crippen LogP contribution in [0, 0.1) is 0 Å². The van der Waals surface area contributed by atoms with Crippen molar-refractivity contribution in [3.63, 3.8) is 0 Å². The summed E-state index contributed by atoms with van der Waals surface area (Å²) in [5.74, 6) is 0.892. The summed E-state index contributed by atoms with van der Waals surface area (Å²) < 4.78 is 0. The molecule has 0 atom stereocenters. The summed E-state index contributed by atoms with van der Waals surface area (Å²) in [5.41, 5.74) is 4.35. The van der Waals surface area contributed by atoms with Crippen LogP contribution in [0.5, 0.6) is 0 Å². The van der Waals surface area contributed by atoms with Gasteiger partial charge in [0.25, 0.3) is 0 Å². The molecule has 0 spiro atoms. The molecule has 2 aromatic carbocycles. The SMILES string of the molecule is O=C(CSCc1ccc(Cl)cc1)N/N=C/c1ccc(Cl)c(Cl)c1. The average molecular weight is 388 g/mol. The third-order valence-electron chi connectivity index (χ3n) is 2.76. The quantitative estimate of drug-likeness (QED) is 0.558. The minimum absolute atomic E-state index is 0.166. The summed E-state index contributed by atoms with van der Waals surface area (Å²) in [6.45, 7) is 0. The van der Waals surface area contributed by atoms with Gasteiger partial charge >= 0.3 is 0 Å². The Morgan fingerprint density at radius 3 is 2.52 bits per heavy atom. The number of amides is 1. The van der Waals surface area contributed by atoms with Gasteiger partial charge in [0, 0.05) is 10.8 Å². The van der Waals surface area contributed by atoms with Gasteiger partial charge in [0.15, 0.2) is 0 Å². The minimum atomic E-state index is -0.166. The maximum atomic E-state index is 11.7. The normalized spacial score (nSPS) is 10.9. The lowest BCUT2D eigenvalue weighted by Gasteiger charge is -2.02. The molecule has 2 aromatic rings. The highest BCUT2D eigenvalue weighted by Gasteiger charge is 2.01. The van der Waals surface area contributed by atoms with Crippen molar-refractivity contribution in [2.75, 3.05) is 5.75 Å². The molecule has 7 heteroatoms. The Labute approximate surface area is 154 Å². The Morgan fingerprint density at radius 2 is 1.83 bits per heavy atom. The van der Waals surface area contributed by atoms with Crippen LogP contribution in [0.1, 0.15) is 11.1 Å². The monoisotopic (exact) mass is 386 g/mol. The number of nitrogens with zero attached hydrogens (tertiary/aromatic N) is 1. The number of carbonyl (C=O) groups is 1. The predicted molar refractivity (Wildman–Crippen MR) is 99.8 cm³/mol. The van der Waals surface area contributed by atoms with E-state index in [1.807, 2.05) is 24.3 Å². The zero-order valence-electron chi connectivity index (χ0n) is 11.9. The number of hydrogen-bond donors (Lipinski definition) is 1. The van der Waals surface area contributed by atoms with Gasteiger partial charge in [-0.3, -0.25) is 4.79 Å². The van der Waals surface area contributed by atoms with Crippen LogP contribution in [0.4, 0.5) is 0 Å². The third-order valence-corrected chi connectivity index (χ3v) is 4.76. The molecule has 0 aliphatic heterocycles. The van der Waals surface area contributed by atoms with E-state index in [9.17, 15) is 4.79 Å². The molecule has 0 saturated heterocycles. The number of thioether (sulfide) groups is 1. The van der Waals surface area contributed by atoms with Crippen molar-refractivity contribution in [3.8, 4) is 0 Å². The molecule has 0 fully saturated rings. The Kier molecular flexibility index (Phi) is 7.24. The molecule has 0 bridgehead atoms. The number of hydrogen-bond acceptors (Lipinski definition) is 3. The van der Waals surface area contributed by atoms with E-state index in [1.165, 1.54) is 18.0 Å². The van der Waals surface area contributed by atoms with Crippen LogP contribution in [0.25, 0.3) is 0 Å². The van der Waals surface area contributed by atoms with E-state index < -0.39 is 0 Å². The number of nitrogens with one attached hydrogen (secondary N) is 1. The van der Waals surface area contributed by atoms with Crippen LogP contribution in [0.15, 0.2) is 47.6 Å². The Morgan fingerprint density at radius 1 is 1.09 bits per heavy atom. The lowest BCUT2D eigenvalue weighted by atomic mass is 10.2. The van der Waals surface area contributed by atoms with Crippen molar-refractivity contribution in [1.82, 2.24) is 5.43 Å². The highest BCUT2D eigenvalue weighted by molar-refractivity contribution is 7.99. The second kappa shape index (κ2) is 9.18. The van der Waals surface area contributed by atoms with Gasteiger partial charge in [-0.25, -0.2) is 5.43 Å². The standard InChI is InChI=1S/C16H13Cl3N2OS/c17-13-4-1-11(2-5-13)9-23-10-16(22)21-20-8-12-3-6-14(18)15(19)7-12/h1-8H,9-10H2,(H,21,22)/b20-8+. The van der Waals surface area contributed by atoms with Crippen LogP contribution in [-0.4, -0.2) is 17.9 Å². The van der Waals surface area contributed by atoms with Crippen molar-refractivity contribution in [3.05, 3.63) is 68.7 Å². The summed E-state index contributed by atoms with van der Waals surface area (Å²) in [4.78, 5) is 11.7. The van der Waals surface area contributed by atoms with E-state index in [4.69, 9.17) is 34.8 Å². The summed E-state index contributed by atoms with van der Waals surface area (Å²) in [6.07, 6.45) is 1.52. The van der Waals surface area contributed by atoms with Crippen molar-refractivity contribution in [2.45, 2.75) is 5.75 Å². The average Bonchev–Trinajstić information content (AvgIpc) is 2.53. The maximum Gasteiger partial charge on any atom is 0.250 e. The van der Waals surface area contributed by atoms with Gasteiger partial charge in [-0.1, -0.05) is 53.0 Å². The molecule has 3 nitrogen and oxygen atoms in total. The molecule has 1 N–H and O–H groups in total. The molecular weight excluding hydrogens is 375 g/mol. The first kappa shape index (κ1) is 18.1. The van der Waals surface area contributed by atoms with Crippen LogP contribution >= 0.6 is 46.6 Å². The fourth-order valence-electron chi connectivity index (χ4n) is 1.65. The van der Waals surface area contributed by atoms with Crippen LogP contribution in [-0.2, 0) is 10.5 Å². The summed E-state index contributed by atoms with van der Waals surface area (Å²) in [7, 11) is 0. The van der Waals surface area contributed by atoms with Crippen LogP contribution in [0.3, 0.4) is 0 Å². The number of rotatable bonds is 6. The molecule has 120 valence electrons. The molecule has 0 radical (unpaired) electrons. The fraction of sp³-hybridized carbons (Fsp3) is 0.125. The smallest absolute Gasteiger partial charge is 0.250 e. The van der Waals surface area contributed by atoms with Crippen molar-refractivity contribution in [2.24, 2.45) is 5.10 Å². The molecule has 2 rings (SSSR count). The van der Waals surface area contributed by atoms with Gasteiger partial charge in [-0.15, -0.1) is 11.8 Å². The van der Waals surface area contributed by atoms with Crippen molar-refractivity contribution in [1.29, 1.82) is 0 Å². The third kappa shape index (κ3) is 6.43. The number of halogens is 3. The predicted octanol–water partition coefficient (Wildman–Crippen LogP) is 5.03. The fourth-order valence-corrected chi connectivity index (χ4v) is 2.86. The molecule has 0 aliphatic carbocycles. The molecule has 0 saturated carbocycles. The molecule has 0 aromatic heterocycles. The Bertz CT molecular complexity index is 705. The molecule has 0 heterocycles. The molecular formula is C16H13Cl3N2OS. The van der Waals surface area contributed by atoms with E-state index >= 15 is 0 Å². The van der Waals surface area contributed by atoms with E-state index in [2.05, 4.69) is 10.5 Å². The molecule has 0 aliphatic rings. The maximum absolute atomic E-state index is 11.7. The van der Waals surface area contributed by atoms with E-state index in [0.717, 1.165) is 16.9 Å².